The molecule has 5 N–H and O–H groups in total. The molecule has 3 aliphatic heterocycles. The molecule has 0 aromatic heterocycles. The van der Waals surface area contributed by atoms with E-state index in [0.29, 0.717) is 43.0 Å². The van der Waals surface area contributed by atoms with Crippen LogP contribution in [0.3, 0.4) is 0 Å². The molecule has 2 aromatic carbocycles. The maximum atomic E-state index is 13.7. The zero-order valence-electron chi connectivity index (χ0n) is 22.7. The number of nitrogens with one attached hydrogen (secondary N) is 3. The number of halogens is 1. The van der Waals surface area contributed by atoms with Crippen LogP contribution in [0.1, 0.15) is 22.3 Å². The van der Waals surface area contributed by atoms with Crippen LogP contribution < -0.4 is 21.7 Å². The van der Waals surface area contributed by atoms with Crippen molar-refractivity contribution in [2.75, 3.05) is 44.6 Å². The van der Waals surface area contributed by atoms with Gasteiger partial charge in [0.05, 0.1) is 11.3 Å². The fourth-order valence-corrected chi connectivity index (χ4v) is 5.00. The Hall–Kier alpha value is -4.12. The van der Waals surface area contributed by atoms with Gasteiger partial charge in [-0.2, -0.15) is 0 Å². The molecule has 5 rings (SSSR count). The summed E-state index contributed by atoms with van der Waals surface area (Å²) in [6.07, 6.45) is 4.62. The normalized spacial score (nSPS) is 18.7. The van der Waals surface area contributed by atoms with Crippen LogP contribution in [0.15, 0.2) is 89.7 Å². The molecular formula is C30H35ClN6O4. The highest BCUT2D eigenvalue weighted by Crippen LogP contribution is 2.31. The molecule has 3 aliphatic rings. The van der Waals surface area contributed by atoms with Gasteiger partial charge in [-0.25, -0.2) is 4.79 Å². The Balaban J connectivity index is 0.00000387. The third kappa shape index (κ3) is 7.15. The smallest absolute Gasteiger partial charge is 0.416 e. The molecule has 3 heterocycles. The molecule has 41 heavy (non-hydrogen) atoms. The number of carbonyl (C=O) groups excluding carboxylic acids is 3. The van der Waals surface area contributed by atoms with Crippen molar-refractivity contribution < 1.29 is 19.1 Å². The SMILES string of the molecule is Cl.NC(=O)C1=CC=C(C2=CCNCC2)N(C(=O)OCc2ccccc2)C1Nc1ccc(C(=O)N2CCNCC2)cc1. The Bertz CT molecular complexity index is 1340. The third-order valence-electron chi connectivity index (χ3n) is 7.15. The standard InChI is InChI=1S/C30H34N6O4.ClH/c31-27(37)25-10-11-26(22-12-14-32-15-13-22)36(30(39)40-20-21-4-2-1-3-5-21)28(25)34-24-8-6-23(7-9-24)29(38)35-18-16-33-17-19-35;/h1-12,28,32-34H,13-20H2,(H2,31,37);1H. The van der Waals surface area contributed by atoms with Gasteiger partial charge in [-0.1, -0.05) is 36.4 Å². The first-order valence-corrected chi connectivity index (χ1v) is 13.5. The maximum Gasteiger partial charge on any atom is 0.416 e. The van der Waals surface area contributed by atoms with Crippen molar-refractivity contribution in [2.24, 2.45) is 5.73 Å². The number of hydrogen-bond acceptors (Lipinski definition) is 7. The second kappa shape index (κ2) is 14.0. The summed E-state index contributed by atoms with van der Waals surface area (Å²) >= 11 is 0. The van der Waals surface area contributed by atoms with Crippen LogP contribution in [-0.2, 0) is 16.1 Å². The van der Waals surface area contributed by atoms with Gasteiger partial charge in [0.25, 0.3) is 5.91 Å². The van der Waals surface area contributed by atoms with E-state index >= 15 is 0 Å². The topological polar surface area (TPSA) is 129 Å². The average molecular weight is 579 g/mol. The Labute approximate surface area is 245 Å². The van der Waals surface area contributed by atoms with E-state index in [9.17, 15) is 14.4 Å². The quantitative estimate of drug-likeness (QED) is 0.398. The van der Waals surface area contributed by atoms with Crippen molar-refractivity contribution in [1.82, 2.24) is 20.4 Å². The minimum Gasteiger partial charge on any atom is -0.444 e. The molecule has 1 saturated heterocycles. The lowest BCUT2D eigenvalue weighted by atomic mass is 9.98. The van der Waals surface area contributed by atoms with E-state index in [1.807, 2.05) is 41.3 Å². The number of nitrogens with two attached hydrogens (primary N) is 1. The number of piperazine rings is 1. The monoisotopic (exact) mass is 578 g/mol. The lowest BCUT2D eigenvalue weighted by Gasteiger charge is -2.38. The van der Waals surface area contributed by atoms with E-state index in [1.54, 1.807) is 36.4 Å². The first kappa shape index (κ1) is 29.9. The van der Waals surface area contributed by atoms with E-state index < -0.39 is 18.2 Å². The second-order valence-electron chi connectivity index (χ2n) is 9.80. The van der Waals surface area contributed by atoms with Gasteiger partial charge in [0, 0.05) is 44.0 Å². The molecule has 0 aliphatic carbocycles. The summed E-state index contributed by atoms with van der Waals surface area (Å²) in [5.41, 5.74) is 9.65. The minimum atomic E-state index is -0.911. The van der Waals surface area contributed by atoms with E-state index in [-0.39, 0.29) is 30.5 Å². The fourth-order valence-electron chi connectivity index (χ4n) is 5.00. The summed E-state index contributed by atoms with van der Waals surface area (Å²) < 4.78 is 5.73. The number of anilines is 1. The fraction of sp³-hybridized carbons (Fsp3) is 0.300. The summed E-state index contributed by atoms with van der Waals surface area (Å²) in [5, 5.41) is 9.82. The summed E-state index contributed by atoms with van der Waals surface area (Å²) in [5.74, 6) is -0.684. The average Bonchev–Trinajstić information content (AvgIpc) is 3.01. The summed E-state index contributed by atoms with van der Waals surface area (Å²) in [6, 6.07) is 16.4. The largest absolute Gasteiger partial charge is 0.444 e. The molecule has 0 bridgehead atoms. The molecule has 2 aromatic rings. The van der Waals surface area contributed by atoms with Crippen molar-refractivity contribution in [1.29, 1.82) is 0 Å². The van der Waals surface area contributed by atoms with Crippen LogP contribution in [0.2, 0.25) is 0 Å². The van der Waals surface area contributed by atoms with E-state index in [4.69, 9.17) is 10.5 Å². The van der Waals surface area contributed by atoms with Gasteiger partial charge in [0.1, 0.15) is 12.8 Å². The van der Waals surface area contributed by atoms with Crippen LogP contribution in [0.25, 0.3) is 0 Å². The first-order chi connectivity index (χ1) is 19.5. The van der Waals surface area contributed by atoms with Crippen LogP contribution in [0.4, 0.5) is 10.5 Å². The number of amides is 3. The number of primary amides is 1. The number of nitrogens with zero attached hydrogens (tertiary/aromatic N) is 2. The molecule has 10 nitrogen and oxygen atoms in total. The predicted molar refractivity (Wildman–Crippen MR) is 159 cm³/mol. The molecule has 3 amide bonds. The molecule has 0 spiro atoms. The van der Waals surface area contributed by atoms with Crippen molar-refractivity contribution >= 4 is 36.0 Å². The maximum absolute atomic E-state index is 13.7. The van der Waals surface area contributed by atoms with Gasteiger partial charge in [0.15, 0.2) is 0 Å². The van der Waals surface area contributed by atoms with Gasteiger partial charge in [-0.15, -0.1) is 12.4 Å². The molecule has 1 fully saturated rings. The lowest BCUT2D eigenvalue weighted by molar-refractivity contribution is -0.115. The lowest BCUT2D eigenvalue weighted by Crippen LogP contribution is -2.50. The molecule has 11 heteroatoms. The molecule has 1 unspecified atom stereocenters. The van der Waals surface area contributed by atoms with Gasteiger partial charge in [-0.3, -0.25) is 14.5 Å². The van der Waals surface area contributed by atoms with Crippen LogP contribution >= 0.6 is 12.4 Å². The number of rotatable bonds is 7. The Morgan fingerprint density at radius 2 is 1.68 bits per heavy atom. The third-order valence-corrected chi connectivity index (χ3v) is 7.15. The van der Waals surface area contributed by atoms with Crippen LogP contribution in [0, 0.1) is 0 Å². The first-order valence-electron chi connectivity index (χ1n) is 13.5. The van der Waals surface area contributed by atoms with Crippen molar-refractivity contribution in [3.05, 3.63) is 101 Å². The highest BCUT2D eigenvalue weighted by atomic mass is 35.5. The second-order valence-corrected chi connectivity index (χ2v) is 9.80. The highest BCUT2D eigenvalue weighted by Gasteiger charge is 2.37. The van der Waals surface area contributed by atoms with Gasteiger partial charge in [0.2, 0.25) is 5.91 Å². The van der Waals surface area contributed by atoms with Gasteiger partial charge < -0.3 is 31.3 Å². The predicted octanol–water partition coefficient (Wildman–Crippen LogP) is 2.76. The zero-order chi connectivity index (χ0) is 27.9. The number of carbonyl (C=O) groups is 3. The zero-order valence-corrected chi connectivity index (χ0v) is 23.5. The van der Waals surface area contributed by atoms with Crippen molar-refractivity contribution in [3.63, 3.8) is 0 Å². The number of allylic oxidation sites excluding steroid dienone is 3. The van der Waals surface area contributed by atoms with Crippen LogP contribution in [0.5, 0.6) is 0 Å². The summed E-state index contributed by atoms with van der Waals surface area (Å²) in [7, 11) is 0. The Kier molecular flexibility index (Phi) is 10.2. The van der Waals surface area contributed by atoms with E-state index in [0.717, 1.165) is 30.8 Å². The number of ether oxygens (including phenoxy) is 1. The Morgan fingerprint density at radius 3 is 2.34 bits per heavy atom. The number of benzene rings is 2. The van der Waals surface area contributed by atoms with E-state index in [2.05, 4.69) is 16.0 Å². The number of hydrogen-bond donors (Lipinski definition) is 4. The molecule has 1 atom stereocenters. The molecule has 0 saturated carbocycles. The minimum absolute atomic E-state index is 0. The summed E-state index contributed by atoms with van der Waals surface area (Å²) in [6.45, 7) is 4.38. The van der Waals surface area contributed by atoms with Crippen molar-refractivity contribution in [2.45, 2.75) is 19.2 Å². The molecule has 216 valence electrons. The summed E-state index contributed by atoms with van der Waals surface area (Å²) in [4.78, 5) is 42.4. The Morgan fingerprint density at radius 1 is 0.951 bits per heavy atom. The van der Waals surface area contributed by atoms with Crippen molar-refractivity contribution in [3.8, 4) is 0 Å². The van der Waals surface area contributed by atoms with E-state index in [1.165, 1.54) is 4.90 Å². The molecule has 0 radical (unpaired) electrons. The molecular weight excluding hydrogens is 544 g/mol. The highest BCUT2D eigenvalue weighted by molar-refractivity contribution is 5.96. The van der Waals surface area contributed by atoms with Gasteiger partial charge >= 0.3 is 6.09 Å². The van der Waals surface area contributed by atoms with Crippen LogP contribution in [-0.4, -0.2) is 73.1 Å². The van der Waals surface area contributed by atoms with Gasteiger partial charge in [-0.05, 0) is 60.5 Å².